The predicted octanol–water partition coefficient (Wildman–Crippen LogP) is 6.75. The van der Waals surface area contributed by atoms with Crippen molar-refractivity contribution in [2.75, 3.05) is 0 Å². The Morgan fingerprint density at radius 2 is 1.59 bits per heavy atom. The van der Waals surface area contributed by atoms with Gasteiger partial charge >= 0.3 is 0 Å². The maximum absolute atomic E-state index is 12.9. The van der Waals surface area contributed by atoms with Gasteiger partial charge in [0.05, 0.1) is 5.52 Å². The molecule has 4 rings (SSSR count). The molecule has 4 heteroatoms. The van der Waals surface area contributed by atoms with Crippen molar-refractivity contribution in [3.63, 3.8) is 0 Å². The summed E-state index contributed by atoms with van der Waals surface area (Å²) >= 11 is 12.2. The Morgan fingerprint density at radius 1 is 0.852 bits per heavy atom. The van der Waals surface area contributed by atoms with Gasteiger partial charge in [-0.3, -0.25) is 4.79 Å². The van der Waals surface area contributed by atoms with E-state index in [0.717, 1.165) is 27.6 Å². The molecule has 0 fully saturated rings. The number of pyridine rings is 1. The minimum absolute atomic E-state index is 0.0568. The molecular weight excluding hydrogens is 377 g/mol. The lowest BCUT2D eigenvalue weighted by atomic mass is 9.96. The summed E-state index contributed by atoms with van der Waals surface area (Å²) in [5, 5.41) is 1.92. The fourth-order valence-electron chi connectivity index (χ4n) is 3.15. The minimum Gasteiger partial charge on any atom is -0.289 e. The summed E-state index contributed by atoms with van der Waals surface area (Å²) in [6.45, 7) is 2.05. The average molecular weight is 392 g/mol. The quantitative estimate of drug-likeness (QED) is 0.285. The molecule has 0 saturated heterocycles. The van der Waals surface area contributed by atoms with Crippen molar-refractivity contribution < 1.29 is 4.79 Å². The molecule has 1 heterocycles. The molecule has 27 heavy (non-hydrogen) atoms. The lowest BCUT2D eigenvalue weighted by Crippen LogP contribution is -2.01. The third kappa shape index (κ3) is 3.59. The predicted molar refractivity (Wildman–Crippen MR) is 112 cm³/mol. The van der Waals surface area contributed by atoms with Crippen molar-refractivity contribution in [3.05, 3.63) is 99.7 Å². The summed E-state index contributed by atoms with van der Waals surface area (Å²) in [5.41, 5.74) is 5.11. The summed E-state index contributed by atoms with van der Waals surface area (Å²) in [4.78, 5) is 17.3. The Kier molecular flexibility index (Phi) is 4.69. The smallest absolute Gasteiger partial charge is 0.193 e. The highest BCUT2D eigenvalue weighted by Crippen LogP contribution is 2.32. The molecule has 3 aromatic carbocycles. The zero-order valence-electron chi connectivity index (χ0n) is 14.5. The fourth-order valence-corrected chi connectivity index (χ4v) is 3.48. The van der Waals surface area contributed by atoms with Crippen LogP contribution in [0.1, 0.15) is 21.5 Å². The third-order valence-electron chi connectivity index (χ3n) is 4.48. The lowest BCUT2D eigenvalue weighted by Gasteiger charge is -2.10. The van der Waals surface area contributed by atoms with Gasteiger partial charge in [-0.15, -0.1) is 0 Å². The van der Waals surface area contributed by atoms with Gasteiger partial charge in [0.1, 0.15) is 5.15 Å². The molecule has 0 bridgehead atoms. The number of aryl methyl sites for hydroxylation is 1. The molecule has 2 nitrogen and oxygen atoms in total. The largest absolute Gasteiger partial charge is 0.289 e. The number of ketones is 1. The topological polar surface area (TPSA) is 30.0 Å². The van der Waals surface area contributed by atoms with E-state index >= 15 is 0 Å². The van der Waals surface area contributed by atoms with Crippen molar-refractivity contribution in [2.24, 2.45) is 0 Å². The second-order valence-electron chi connectivity index (χ2n) is 6.43. The SMILES string of the molecule is Cc1cccc(-c2cc(Cl)nc3ccc(C(=O)c4ccc(Cl)cc4)cc23)c1. The van der Waals surface area contributed by atoms with Crippen LogP contribution in [0.25, 0.3) is 22.0 Å². The van der Waals surface area contributed by atoms with Crippen LogP contribution >= 0.6 is 23.2 Å². The fraction of sp³-hybridized carbons (Fsp3) is 0.0435. The van der Waals surface area contributed by atoms with Crippen LogP contribution in [0.4, 0.5) is 0 Å². The van der Waals surface area contributed by atoms with Gasteiger partial charge < -0.3 is 0 Å². The number of hydrogen-bond donors (Lipinski definition) is 0. The highest BCUT2D eigenvalue weighted by atomic mass is 35.5. The monoisotopic (exact) mass is 391 g/mol. The van der Waals surface area contributed by atoms with Crippen LogP contribution in [0.3, 0.4) is 0 Å². The van der Waals surface area contributed by atoms with E-state index in [1.54, 1.807) is 30.3 Å². The molecule has 132 valence electrons. The number of aromatic nitrogens is 1. The van der Waals surface area contributed by atoms with E-state index in [0.29, 0.717) is 21.3 Å². The van der Waals surface area contributed by atoms with Crippen LogP contribution in [-0.2, 0) is 0 Å². The summed E-state index contributed by atoms with van der Waals surface area (Å²) in [5.74, 6) is -0.0568. The summed E-state index contributed by atoms with van der Waals surface area (Å²) in [7, 11) is 0. The van der Waals surface area contributed by atoms with E-state index in [2.05, 4.69) is 11.1 Å². The van der Waals surface area contributed by atoms with E-state index < -0.39 is 0 Å². The van der Waals surface area contributed by atoms with E-state index in [1.165, 1.54) is 0 Å². The van der Waals surface area contributed by atoms with Crippen molar-refractivity contribution in [3.8, 4) is 11.1 Å². The molecule has 0 aliphatic carbocycles. The van der Waals surface area contributed by atoms with Gasteiger partial charge in [0.15, 0.2) is 5.78 Å². The Hall–Kier alpha value is -2.68. The van der Waals surface area contributed by atoms with E-state index in [1.807, 2.05) is 43.3 Å². The van der Waals surface area contributed by atoms with Crippen LogP contribution in [-0.4, -0.2) is 10.8 Å². The molecule has 0 aliphatic rings. The summed E-state index contributed by atoms with van der Waals surface area (Å²) in [6.07, 6.45) is 0. The van der Waals surface area contributed by atoms with Crippen LogP contribution in [0, 0.1) is 6.92 Å². The second kappa shape index (κ2) is 7.15. The van der Waals surface area contributed by atoms with Gasteiger partial charge in [0.2, 0.25) is 0 Å². The van der Waals surface area contributed by atoms with Gasteiger partial charge in [-0.1, -0.05) is 53.0 Å². The normalized spacial score (nSPS) is 10.9. The van der Waals surface area contributed by atoms with E-state index in [9.17, 15) is 4.79 Å². The van der Waals surface area contributed by atoms with Crippen molar-refractivity contribution in [2.45, 2.75) is 6.92 Å². The van der Waals surface area contributed by atoms with Crippen molar-refractivity contribution in [1.82, 2.24) is 4.98 Å². The zero-order chi connectivity index (χ0) is 19.0. The number of hydrogen-bond acceptors (Lipinski definition) is 2. The zero-order valence-corrected chi connectivity index (χ0v) is 16.1. The number of halogens is 2. The maximum atomic E-state index is 12.9. The molecule has 0 spiro atoms. The molecule has 0 atom stereocenters. The van der Waals surface area contributed by atoms with Crippen LogP contribution in [0.15, 0.2) is 72.8 Å². The molecular formula is C23H15Cl2NO. The van der Waals surface area contributed by atoms with Crippen LogP contribution < -0.4 is 0 Å². The molecule has 4 aromatic rings. The first-order valence-electron chi connectivity index (χ1n) is 8.49. The third-order valence-corrected chi connectivity index (χ3v) is 4.92. The standard InChI is InChI=1S/C23H15Cl2NO/c1-14-3-2-4-16(11-14)19-13-22(25)26-21-10-7-17(12-20(19)21)23(27)15-5-8-18(24)9-6-15/h2-13H,1H3. The Labute approximate surface area is 167 Å². The highest BCUT2D eigenvalue weighted by Gasteiger charge is 2.13. The number of fused-ring (bicyclic) bond motifs is 1. The first-order valence-corrected chi connectivity index (χ1v) is 9.24. The Morgan fingerprint density at radius 3 is 2.33 bits per heavy atom. The van der Waals surface area contributed by atoms with Gasteiger partial charge in [0.25, 0.3) is 0 Å². The average Bonchev–Trinajstić information content (AvgIpc) is 2.67. The first-order chi connectivity index (χ1) is 13.0. The van der Waals surface area contributed by atoms with Crippen LogP contribution in [0.5, 0.6) is 0 Å². The number of nitrogens with zero attached hydrogens (tertiary/aromatic N) is 1. The molecule has 0 aliphatic heterocycles. The second-order valence-corrected chi connectivity index (χ2v) is 7.25. The van der Waals surface area contributed by atoms with E-state index in [-0.39, 0.29) is 5.78 Å². The van der Waals surface area contributed by atoms with Gasteiger partial charge in [0, 0.05) is 21.5 Å². The number of rotatable bonds is 3. The van der Waals surface area contributed by atoms with Crippen LogP contribution in [0.2, 0.25) is 10.2 Å². The minimum atomic E-state index is -0.0568. The molecule has 1 aromatic heterocycles. The number of carbonyl (C=O) groups excluding carboxylic acids is 1. The molecule has 0 radical (unpaired) electrons. The lowest BCUT2D eigenvalue weighted by molar-refractivity contribution is 0.103. The molecule has 0 unspecified atom stereocenters. The van der Waals surface area contributed by atoms with Gasteiger partial charge in [-0.05, 0) is 66.6 Å². The first kappa shape index (κ1) is 17.7. The maximum Gasteiger partial charge on any atom is 0.193 e. The van der Waals surface area contributed by atoms with E-state index in [4.69, 9.17) is 23.2 Å². The number of benzene rings is 3. The highest BCUT2D eigenvalue weighted by molar-refractivity contribution is 6.31. The number of carbonyl (C=O) groups is 1. The molecule has 0 N–H and O–H groups in total. The Balaban J connectivity index is 1.88. The van der Waals surface area contributed by atoms with Gasteiger partial charge in [-0.25, -0.2) is 4.98 Å². The van der Waals surface area contributed by atoms with Gasteiger partial charge in [-0.2, -0.15) is 0 Å². The summed E-state index contributed by atoms with van der Waals surface area (Å²) < 4.78 is 0. The Bertz CT molecular complexity index is 1170. The summed E-state index contributed by atoms with van der Waals surface area (Å²) in [6, 6.07) is 22.4. The van der Waals surface area contributed by atoms with Crippen molar-refractivity contribution in [1.29, 1.82) is 0 Å². The molecule has 0 saturated carbocycles. The van der Waals surface area contributed by atoms with Crippen molar-refractivity contribution >= 4 is 39.9 Å². The molecule has 0 amide bonds.